The number of hydrogen-bond donors (Lipinski definition) is 3. The fraction of sp³-hybridized carbons (Fsp3) is 0.875. The number of ether oxygens (including phenoxy) is 1. The predicted octanol–water partition coefficient (Wildman–Crippen LogP) is -2.91. The SMILES string of the molecule is CC(=O)NC1COC(CO)[C@H](OS(=O)(=O)[O-])[C@@H]1O. The van der Waals surface area contributed by atoms with Gasteiger partial charge >= 0.3 is 0 Å². The Kier molecular flexibility index (Phi) is 5.01. The van der Waals surface area contributed by atoms with Crippen molar-refractivity contribution < 1.29 is 36.9 Å². The molecular formula is C8H14NO8S-. The van der Waals surface area contributed by atoms with Crippen molar-refractivity contribution in [2.24, 2.45) is 0 Å². The van der Waals surface area contributed by atoms with E-state index in [1.165, 1.54) is 6.92 Å². The van der Waals surface area contributed by atoms with E-state index < -0.39 is 47.3 Å². The molecule has 0 radical (unpaired) electrons. The van der Waals surface area contributed by atoms with Gasteiger partial charge in [-0.05, 0) is 0 Å². The van der Waals surface area contributed by atoms with Gasteiger partial charge in [0.05, 0.1) is 19.3 Å². The fourth-order valence-corrected chi connectivity index (χ4v) is 2.18. The van der Waals surface area contributed by atoms with Crippen LogP contribution in [0, 0.1) is 0 Å². The summed E-state index contributed by atoms with van der Waals surface area (Å²) in [6.45, 7) is 0.430. The second-order valence-electron chi connectivity index (χ2n) is 3.82. The van der Waals surface area contributed by atoms with Crippen molar-refractivity contribution in [1.29, 1.82) is 0 Å². The van der Waals surface area contributed by atoms with E-state index in [2.05, 4.69) is 9.50 Å². The van der Waals surface area contributed by atoms with Gasteiger partial charge in [0.1, 0.15) is 18.3 Å². The van der Waals surface area contributed by atoms with Crippen molar-refractivity contribution in [3.63, 3.8) is 0 Å². The second kappa shape index (κ2) is 5.91. The summed E-state index contributed by atoms with van der Waals surface area (Å²) >= 11 is 0. The lowest BCUT2D eigenvalue weighted by atomic mass is 9.98. The van der Waals surface area contributed by atoms with Crippen molar-refractivity contribution in [2.75, 3.05) is 13.2 Å². The van der Waals surface area contributed by atoms with Crippen LogP contribution in [0.5, 0.6) is 0 Å². The maximum absolute atomic E-state index is 10.9. The highest BCUT2D eigenvalue weighted by Crippen LogP contribution is 2.20. The highest BCUT2D eigenvalue weighted by Gasteiger charge is 2.41. The molecule has 1 heterocycles. The Balaban J connectivity index is 2.82. The van der Waals surface area contributed by atoms with Crippen molar-refractivity contribution in [3.05, 3.63) is 0 Å². The smallest absolute Gasteiger partial charge is 0.218 e. The first-order valence-electron chi connectivity index (χ1n) is 5.06. The molecule has 1 aliphatic rings. The number of amides is 1. The molecule has 0 bridgehead atoms. The Bertz CT molecular complexity index is 396. The van der Waals surface area contributed by atoms with Crippen molar-refractivity contribution in [3.8, 4) is 0 Å². The number of carbonyl (C=O) groups excluding carboxylic acids is 1. The molecule has 4 atom stereocenters. The van der Waals surface area contributed by atoms with E-state index in [0.29, 0.717) is 0 Å². The van der Waals surface area contributed by atoms with Gasteiger partial charge in [-0.15, -0.1) is 0 Å². The lowest BCUT2D eigenvalue weighted by Gasteiger charge is -2.39. The highest BCUT2D eigenvalue weighted by atomic mass is 32.3. The first-order chi connectivity index (χ1) is 8.24. The highest BCUT2D eigenvalue weighted by molar-refractivity contribution is 7.80. The third-order valence-electron chi connectivity index (χ3n) is 2.40. The van der Waals surface area contributed by atoms with Crippen LogP contribution >= 0.6 is 0 Å². The summed E-state index contributed by atoms with van der Waals surface area (Å²) in [5.41, 5.74) is 0. The minimum absolute atomic E-state index is 0.134. The number of nitrogens with one attached hydrogen (secondary N) is 1. The summed E-state index contributed by atoms with van der Waals surface area (Å²) in [5.74, 6) is -0.464. The molecule has 9 nitrogen and oxygen atoms in total. The van der Waals surface area contributed by atoms with Gasteiger partial charge in [-0.3, -0.25) is 8.98 Å². The van der Waals surface area contributed by atoms with E-state index in [1.807, 2.05) is 0 Å². The van der Waals surface area contributed by atoms with E-state index in [-0.39, 0.29) is 6.61 Å². The monoisotopic (exact) mass is 284 g/mol. The minimum atomic E-state index is -5.07. The van der Waals surface area contributed by atoms with Gasteiger partial charge in [0.15, 0.2) is 0 Å². The molecule has 3 N–H and O–H groups in total. The molecule has 1 fully saturated rings. The molecule has 0 aromatic rings. The number of hydrogen-bond acceptors (Lipinski definition) is 8. The Morgan fingerprint density at radius 3 is 2.67 bits per heavy atom. The van der Waals surface area contributed by atoms with Crippen molar-refractivity contribution >= 4 is 16.3 Å². The maximum atomic E-state index is 10.9. The minimum Gasteiger partial charge on any atom is -0.726 e. The first-order valence-corrected chi connectivity index (χ1v) is 6.39. The van der Waals surface area contributed by atoms with Gasteiger partial charge < -0.3 is 24.8 Å². The zero-order chi connectivity index (χ0) is 13.9. The van der Waals surface area contributed by atoms with Crippen LogP contribution in [0.25, 0.3) is 0 Å². The van der Waals surface area contributed by atoms with E-state index in [1.54, 1.807) is 0 Å². The van der Waals surface area contributed by atoms with Crippen LogP contribution in [0.4, 0.5) is 0 Å². The van der Waals surface area contributed by atoms with Crippen LogP contribution in [0.2, 0.25) is 0 Å². The molecule has 0 aromatic heterocycles. The molecule has 0 aliphatic carbocycles. The summed E-state index contributed by atoms with van der Waals surface area (Å²) in [4.78, 5) is 10.9. The molecule has 106 valence electrons. The van der Waals surface area contributed by atoms with Crippen LogP contribution in [0.1, 0.15) is 6.92 Å². The standard InChI is InChI=1S/C8H15NO8S/c1-4(11)9-5-3-16-6(2-10)8(7(5)12)17-18(13,14)15/h5-8,10,12H,2-3H2,1H3,(H,9,11)(H,13,14,15)/p-1/t5?,6?,7-,8+/m1/s1. The molecule has 18 heavy (non-hydrogen) atoms. The lowest BCUT2D eigenvalue weighted by Crippen LogP contribution is -2.60. The number of aliphatic hydroxyl groups excluding tert-OH is 2. The van der Waals surface area contributed by atoms with Gasteiger partial charge in [0, 0.05) is 6.92 Å². The fourth-order valence-electron chi connectivity index (χ4n) is 1.67. The average molecular weight is 284 g/mol. The van der Waals surface area contributed by atoms with Gasteiger partial charge in [-0.25, -0.2) is 8.42 Å². The van der Waals surface area contributed by atoms with Crippen molar-refractivity contribution in [1.82, 2.24) is 5.32 Å². The summed E-state index contributed by atoms with van der Waals surface area (Å²) in [5, 5.41) is 21.1. The third-order valence-corrected chi connectivity index (χ3v) is 2.86. The van der Waals surface area contributed by atoms with Crippen LogP contribution in [0.3, 0.4) is 0 Å². The van der Waals surface area contributed by atoms with Gasteiger partial charge in [0.2, 0.25) is 16.3 Å². The summed E-state index contributed by atoms with van der Waals surface area (Å²) < 4.78 is 40.7. The molecule has 2 unspecified atom stereocenters. The van der Waals surface area contributed by atoms with E-state index in [0.717, 1.165) is 0 Å². The van der Waals surface area contributed by atoms with Crippen LogP contribution < -0.4 is 5.32 Å². The zero-order valence-electron chi connectivity index (χ0n) is 9.48. The van der Waals surface area contributed by atoms with Gasteiger partial charge in [0.25, 0.3) is 0 Å². The molecule has 0 aromatic carbocycles. The Morgan fingerprint density at radius 2 is 2.22 bits per heavy atom. The van der Waals surface area contributed by atoms with E-state index >= 15 is 0 Å². The molecule has 10 heteroatoms. The molecule has 1 amide bonds. The normalized spacial score (nSPS) is 33.1. The molecule has 0 saturated carbocycles. The molecular weight excluding hydrogens is 270 g/mol. The quantitative estimate of drug-likeness (QED) is 0.368. The summed E-state index contributed by atoms with van der Waals surface area (Å²) in [6, 6.07) is -0.919. The average Bonchev–Trinajstić information content (AvgIpc) is 2.22. The van der Waals surface area contributed by atoms with Crippen LogP contribution in [-0.4, -0.2) is 66.7 Å². The van der Waals surface area contributed by atoms with E-state index in [9.17, 15) is 22.9 Å². The third kappa shape index (κ3) is 4.15. The second-order valence-corrected chi connectivity index (χ2v) is 4.83. The Labute approximate surface area is 104 Å². The lowest BCUT2D eigenvalue weighted by molar-refractivity contribution is -0.156. The molecule has 1 aliphatic heterocycles. The molecule has 1 rings (SSSR count). The maximum Gasteiger partial charge on any atom is 0.218 e. The topological polar surface area (TPSA) is 145 Å². The molecule has 1 saturated heterocycles. The number of carbonyl (C=O) groups is 1. The van der Waals surface area contributed by atoms with Crippen molar-refractivity contribution in [2.45, 2.75) is 31.3 Å². The number of rotatable bonds is 4. The largest absolute Gasteiger partial charge is 0.726 e. The summed E-state index contributed by atoms with van der Waals surface area (Å²) in [7, 11) is -5.07. The van der Waals surface area contributed by atoms with E-state index in [4.69, 9.17) is 9.84 Å². The Morgan fingerprint density at radius 1 is 1.61 bits per heavy atom. The Hall–Kier alpha value is -0.780. The van der Waals surface area contributed by atoms with Gasteiger partial charge in [-0.1, -0.05) is 0 Å². The van der Waals surface area contributed by atoms with Gasteiger partial charge in [-0.2, -0.15) is 0 Å². The number of aliphatic hydroxyl groups is 2. The summed E-state index contributed by atoms with van der Waals surface area (Å²) in [6.07, 6.45) is -4.21. The zero-order valence-corrected chi connectivity index (χ0v) is 10.3. The molecule has 0 spiro atoms. The van der Waals surface area contributed by atoms with Crippen LogP contribution in [0.15, 0.2) is 0 Å². The predicted molar refractivity (Wildman–Crippen MR) is 55.0 cm³/mol. The first kappa shape index (κ1) is 15.3. The van der Waals surface area contributed by atoms with Crippen LogP contribution in [-0.2, 0) is 24.1 Å².